The second-order valence-corrected chi connectivity index (χ2v) is 3.66. The SMILES string of the molecule is COc1ccc(OC)c(-c2cnc(N)c(F)c2)c1. The van der Waals surface area contributed by atoms with Gasteiger partial charge in [0.1, 0.15) is 11.5 Å². The van der Waals surface area contributed by atoms with Crippen LogP contribution in [0, 0.1) is 5.82 Å². The summed E-state index contributed by atoms with van der Waals surface area (Å²) in [5.41, 5.74) is 6.63. The molecule has 0 atom stereocenters. The van der Waals surface area contributed by atoms with Crippen LogP contribution in [-0.4, -0.2) is 19.2 Å². The van der Waals surface area contributed by atoms with E-state index in [2.05, 4.69) is 4.98 Å². The third-order valence-corrected chi connectivity index (χ3v) is 2.59. The molecule has 0 amide bonds. The number of aromatic nitrogens is 1. The molecule has 0 aliphatic rings. The minimum Gasteiger partial charge on any atom is -0.497 e. The van der Waals surface area contributed by atoms with Gasteiger partial charge in [0.2, 0.25) is 0 Å². The number of nitrogen functional groups attached to an aromatic ring is 1. The monoisotopic (exact) mass is 248 g/mol. The molecule has 1 heterocycles. The van der Waals surface area contributed by atoms with E-state index in [0.717, 1.165) is 0 Å². The maximum absolute atomic E-state index is 13.4. The van der Waals surface area contributed by atoms with Gasteiger partial charge in [-0.3, -0.25) is 0 Å². The maximum Gasteiger partial charge on any atom is 0.165 e. The third kappa shape index (κ3) is 2.20. The smallest absolute Gasteiger partial charge is 0.165 e. The third-order valence-electron chi connectivity index (χ3n) is 2.59. The molecular weight excluding hydrogens is 235 g/mol. The summed E-state index contributed by atoms with van der Waals surface area (Å²) in [6.45, 7) is 0. The lowest BCUT2D eigenvalue weighted by Gasteiger charge is -2.10. The number of ether oxygens (including phenoxy) is 2. The first-order valence-electron chi connectivity index (χ1n) is 5.29. The Labute approximate surface area is 104 Å². The zero-order valence-electron chi connectivity index (χ0n) is 10.1. The number of hydrogen-bond acceptors (Lipinski definition) is 4. The normalized spacial score (nSPS) is 10.2. The summed E-state index contributed by atoms with van der Waals surface area (Å²) in [6, 6.07) is 6.59. The number of pyridine rings is 1. The van der Waals surface area contributed by atoms with Gasteiger partial charge in [-0.1, -0.05) is 0 Å². The van der Waals surface area contributed by atoms with E-state index in [1.54, 1.807) is 32.4 Å². The van der Waals surface area contributed by atoms with E-state index >= 15 is 0 Å². The Morgan fingerprint density at radius 1 is 1.17 bits per heavy atom. The van der Waals surface area contributed by atoms with Crippen LogP contribution < -0.4 is 15.2 Å². The van der Waals surface area contributed by atoms with Crippen LogP contribution in [-0.2, 0) is 0 Å². The highest BCUT2D eigenvalue weighted by molar-refractivity contribution is 5.72. The molecule has 2 N–H and O–H groups in total. The average Bonchev–Trinajstić information content (AvgIpc) is 2.41. The van der Waals surface area contributed by atoms with E-state index in [0.29, 0.717) is 22.6 Å². The Morgan fingerprint density at radius 3 is 2.56 bits per heavy atom. The first kappa shape index (κ1) is 12.2. The summed E-state index contributed by atoms with van der Waals surface area (Å²) < 4.78 is 23.8. The summed E-state index contributed by atoms with van der Waals surface area (Å²) in [5.74, 6) is 0.586. The number of anilines is 1. The van der Waals surface area contributed by atoms with Crippen molar-refractivity contribution in [2.75, 3.05) is 20.0 Å². The summed E-state index contributed by atoms with van der Waals surface area (Å²) in [4.78, 5) is 3.79. The summed E-state index contributed by atoms with van der Waals surface area (Å²) in [7, 11) is 3.11. The molecule has 2 aromatic rings. The number of methoxy groups -OCH3 is 2. The molecule has 0 saturated heterocycles. The van der Waals surface area contributed by atoms with Gasteiger partial charge >= 0.3 is 0 Å². The van der Waals surface area contributed by atoms with Gasteiger partial charge in [-0.25, -0.2) is 9.37 Å². The predicted molar refractivity (Wildman–Crippen MR) is 67.1 cm³/mol. The average molecular weight is 248 g/mol. The standard InChI is InChI=1S/C13H13FN2O2/c1-17-9-3-4-12(18-2)10(6-9)8-5-11(14)13(15)16-7-8/h3-7H,1-2H3,(H2,15,16). The second kappa shape index (κ2) is 4.91. The fourth-order valence-electron chi connectivity index (χ4n) is 1.64. The van der Waals surface area contributed by atoms with Gasteiger partial charge in [-0.05, 0) is 24.3 Å². The van der Waals surface area contributed by atoms with Gasteiger partial charge in [0.05, 0.1) is 14.2 Å². The lowest BCUT2D eigenvalue weighted by atomic mass is 10.1. The van der Waals surface area contributed by atoms with Crippen molar-refractivity contribution >= 4 is 5.82 Å². The van der Waals surface area contributed by atoms with Crippen LogP contribution in [0.25, 0.3) is 11.1 Å². The molecule has 0 fully saturated rings. The van der Waals surface area contributed by atoms with E-state index in [1.165, 1.54) is 12.3 Å². The van der Waals surface area contributed by atoms with Crippen LogP contribution >= 0.6 is 0 Å². The number of halogens is 1. The highest BCUT2D eigenvalue weighted by Crippen LogP contribution is 2.33. The fourth-order valence-corrected chi connectivity index (χ4v) is 1.64. The van der Waals surface area contributed by atoms with E-state index < -0.39 is 5.82 Å². The molecule has 0 unspecified atom stereocenters. The highest BCUT2D eigenvalue weighted by atomic mass is 19.1. The number of nitrogens with two attached hydrogens (primary N) is 1. The Balaban J connectivity index is 2.57. The van der Waals surface area contributed by atoms with Gasteiger partial charge in [0.15, 0.2) is 11.6 Å². The van der Waals surface area contributed by atoms with Crippen molar-refractivity contribution < 1.29 is 13.9 Å². The Hall–Kier alpha value is -2.30. The quantitative estimate of drug-likeness (QED) is 0.906. The Morgan fingerprint density at radius 2 is 1.94 bits per heavy atom. The van der Waals surface area contributed by atoms with Gasteiger partial charge in [-0.15, -0.1) is 0 Å². The predicted octanol–water partition coefficient (Wildman–Crippen LogP) is 2.49. The Bertz CT molecular complexity index is 573. The van der Waals surface area contributed by atoms with E-state index in [9.17, 15) is 4.39 Å². The van der Waals surface area contributed by atoms with Gasteiger partial charge < -0.3 is 15.2 Å². The van der Waals surface area contributed by atoms with Crippen molar-refractivity contribution in [2.45, 2.75) is 0 Å². The van der Waals surface area contributed by atoms with E-state index in [1.807, 2.05) is 0 Å². The van der Waals surface area contributed by atoms with Crippen LogP contribution in [0.5, 0.6) is 11.5 Å². The van der Waals surface area contributed by atoms with Crippen molar-refractivity contribution in [2.24, 2.45) is 0 Å². The molecule has 0 bridgehead atoms. The van der Waals surface area contributed by atoms with Crippen LogP contribution in [0.2, 0.25) is 0 Å². The van der Waals surface area contributed by atoms with Gasteiger partial charge in [0.25, 0.3) is 0 Å². The first-order chi connectivity index (χ1) is 8.65. The lowest BCUT2D eigenvalue weighted by molar-refractivity contribution is 0.404. The Kier molecular flexibility index (Phi) is 3.32. The molecule has 0 radical (unpaired) electrons. The van der Waals surface area contributed by atoms with Crippen LogP contribution in [0.4, 0.5) is 10.2 Å². The molecular formula is C13H13FN2O2. The first-order valence-corrected chi connectivity index (χ1v) is 5.29. The van der Waals surface area contributed by atoms with Crippen molar-refractivity contribution in [1.29, 1.82) is 0 Å². The number of benzene rings is 1. The topological polar surface area (TPSA) is 57.4 Å². The molecule has 1 aromatic carbocycles. The molecule has 94 valence electrons. The van der Waals surface area contributed by atoms with Crippen molar-refractivity contribution in [1.82, 2.24) is 4.98 Å². The number of hydrogen-bond donors (Lipinski definition) is 1. The molecule has 0 saturated carbocycles. The molecule has 0 aliphatic carbocycles. The van der Waals surface area contributed by atoms with Crippen molar-refractivity contribution in [3.63, 3.8) is 0 Å². The summed E-state index contributed by atoms with van der Waals surface area (Å²) >= 11 is 0. The van der Waals surface area contributed by atoms with Crippen LogP contribution in [0.15, 0.2) is 30.5 Å². The molecule has 0 aliphatic heterocycles. The minimum atomic E-state index is -0.558. The molecule has 0 spiro atoms. The molecule has 18 heavy (non-hydrogen) atoms. The van der Waals surface area contributed by atoms with E-state index in [-0.39, 0.29) is 5.82 Å². The highest BCUT2D eigenvalue weighted by Gasteiger charge is 2.10. The van der Waals surface area contributed by atoms with Crippen LogP contribution in [0.3, 0.4) is 0 Å². The van der Waals surface area contributed by atoms with Crippen molar-refractivity contribution in [3.05, 3.63) is 36.3 Å². The number of rotatable bonds is 3. The summed E-state index contributed by atoms with van der Waals surface area (Å²) in [5, 5.41) is 0. The van der Waals surface area contributed by atoms with Gasteiger partial charge in [-0.2, -0.15) is 0 Å². The maximum atomic E-state index is 13.4. The van der Waals surface area contributed by atoms with E-state index in [4.69, 9.17) is 15.2 Å². The largest absolute Gasteiger partial charge is 0.497 e. The molecule has 1 aromatic heterocycles. The zero-order chi connectivity index (χ0) is 13.1. The van der Waals surface area contributed by atoms with Gasteiger partial charge in [0, 0.05) is 17.3 Å². The lowest BCUT2D eigenvalue weighted by Crippen LogP contribution is -1.96. The second-order valence-electron chi connectivity index (χ2n) is 3.66. The molecule has 4 nitrogen and oxygen atoms in total. The van der Waals surface area contributed by atoms with Crippen molar-refractivity contribution in [3.8, 4) is 22.6 Å². The fraction of sp³-hybridized carbons (Fsp3) is 0.154. The summed E-state index contributed by atoms with van der Waals surface area (Å²) in [6.07, 6.45) is 1.50. The van der Waals surface area contributed by atoms with Crippen LogP contribution in [0.1, 0.15) is 0 Å². The molecule has 2 rings (SSSR count). The minimum absolute atomic E-state index is 0.124. The molecule has 5 heteroatoms. The number of nitrogens with zero attached hydrogens (tertiary/aromatic N) is 1. The zero-order valence-corrected chi connectivity index (χ0v) is 10.1.